The van der Waals surface area contributed by atoms with Crippen molar-refractivity contribution in [3.8, 4) is 11.3 Å². The molecular weight excluding hydrogens is 346 g/mol. The second kappa shape index (κ2) is 6.96. The fourth-order valence-corrected chi connectivity index (χ4v) is 2.92. The molecule has 0 saturated carbocycles. The Hall–Kier alpha value is -2.59. The molecule has 3 aromatic rings. The number of amides is 1. The molecule has 0 radical (unpaired) electrons. The molecule has 0 aliphatic carbocycles. The largest absolute Gasteiger partial charge is 0.319 e. The molecule has 26 heavy (non-hydrogen) atoms. The van der Waals surface area contributed by atoms with Crippen molar-refractivity contribution >= 4 is 23.2 Å². The number of carbonyl (C=O) groups excluding carboxylic acids is 1. The normalized spacial score (nSPS) is 11.4. The van der Waals surface area contributed by atoms with Gasteiger partial charge in [-0.25, -0.2) is 0 Å². The molecular formula is C21H22ClN3O. The van der Waals surface area contributed by atoms with Crippen LogP contribution in [-0.2, 0) is 5.41 Å². The van der Waals surface area contributed by atoms with Crippen molar-refractivity contribution in [2.45, 2.75) is 33.1 Å². The first-order chi connectivity index (χ1) is 12.3. The number of nitrogens with one attached hydrogen (secondary N) is 2. The summed E-state index contributed by atoms with van der Waals surface area (Å²) in [5.41, 5.74) is 4.99. The van der Waals surface area contributed by atoms with Crippen molar-refractivity contribution in [1.29, 1.82) is 0 Å². The van der Waals surface area contributed by atoms with Crippen LogP contribution in [0.25, 0.3) is 11.3 Å². The van der Waals surface area contributed by atoms with E-state index in [1.807, 2.05) is 19.1 Å². The molecule has 1 amide bonds. The van der Waals surface area contributed by atoms with Crippen LogP contribution in [0.2, 0.25) is 5.02 Å². The maximum atomic E-state index is 12.6. The van der Waals surface area contributed by atoms with Crippen molar-refractivity contribution in [1.82, 2.24) is 10.2 Å². The molecule has 0 unspecified atom stereocenters. The summed E-state index contributed by atoms with van der Waals surface area (Å²) in [5.74, 6) is -0.218. The van der Waals surface area contributed by atoms with Crippen LogP contribution in [0, 0.1) is 6.92 Å². The number of hydrogen-bond acceptors (Lipinski definition) is 2. The van der Waals surface area contributed by atoms with Gasteiger partial charge in [-0.2, -0.15) is 5.10 Å². The van der Waals surface area contributed by atoms with Gasteiger partial charge in [0.05, 0.1) is 11.4 Å². The molecule has 2 N–H and O–H groups in total. The van der Waals surface area contributed by atoms with E-state index in [1.165, 1.54) is 5.56 Å². The Morgan fingerprint density at radius 1 is 1.12 bits per heavy atom. The SMILES string of the molecule is Cc1[nH]nc(-c2ccc(C(C)(C)C)cc2)c1NC(=O)c1cccc(Cl)c1. The van der Waals surface area contributed by atoms with Gasteiger partial charge in [0.25, 0.3) is 5.91 Å². The highest BCUT2D eigenvalue weighted by Gasteiger charge is 2.18. The Balaban J connectivity index is 1.91. The average molecular weight is 368 g/mol. The number of carbonyl (C=O) groups is 1. The molecule has 0 fully saturated rings. The summed E-state index contributed by atoms with van der Waals surface area (Å²) in [4.78, 5) is 12.6. The first kappa shape index (κ1) is 18.2. The van der Waals surface area contributed by atoms with Gasteiger partial charge in [0.1, 0.15) is 5.69 Å². The van der Waals surface area contributed by atoms with Crippen molar-refractivity contribution in [2.24, 2.45) is 0 Å². The highest BCUT2D eigenvalue weighted by atomic mass is 35.5. The van der Waals surface area contributed by atoms with Crippen molar-refractivity contribution < 1.29 is 4.79 Å². The van der Waals surface area contributed by atoms with E-state index in [0.29, 0.717) is 16.3 Å². The van der Waals surface area contributed by atoms with Gasteiger partial charge in [0.15, 0.2) is 0 Å². The van der Waals surface area contributed by atoms with Crippen LogP contribution in [0.1, 0.15) is 42.4 Å². The summed E-state index contributed by atoms with van der Waals surface area (Å²) in [6.45, 7) is 8.42. The number of aryl methyl sites for hydroxylation is 1. The van der Waals surface area contributed by atoms with Gasteiger partial charge >= 0.3 is 0 Å². The number of H-pyrrole nitrogens is 1. The summed E-state index contributed by atoms with van der Waals surface area (Å²) in [6, 6.07) is 15.1. The molecule has 0 bridgehead atoms. The number of benzene rings is 2. The third-order valence-corrected chi connectivity index (χ3v) is 4.53. The second-order valence-corrected chi connectivity index (χ2v) is 7.80. The van der Waals surface area contributed by atoms with E-state index in [9.17, 15) is 4.79 Å². The molecule has 0 aliphatic rings. The highest BCUT2D eigenvalue weighted by Crippen LogP contribution is 2.31. The lowest BCUT2D eigenvalue weighted by atomic mass is 9.86. The second-order valence-electron chi connectivity index (χ2n) is 7.36. The van der Waals surface area contributed by atoms with Crippen LogP contribution in [-0.4, -0.2) is 16.1 Å². The van der Waals surface area contributed by atoms with Gasteiger partial charge in [-0.05, 0) is 36.1 Å². The lowest BCUT2D eigenvalue weighted by Gasteiger charge is -2.19. The summed E-state index contributed by atoms with van der Waals surface area (Å²) < 4.78 is 0. The molecule has 0 saturated heterocycles. The van der Waals surface area contributed by atoms with E-state index >= 15 is 0 Å². The lowest BCUT2D eigenvalue weighted by molar-refractivity contribution is 0.102. The lowest BCUT2D eigenvalue weighted by Crippen LogP contribution is -2.13. The predicted octanol–water partition coefficient (Wildman–Crippen LogP) is 5.59. The number of aromatic nitrogens is 2. The van der Waals surface area contributed by atoms with Crippen LogP contribution in [0.15, 0.2) is 48.5 Å². The van der Waals surface area contributed by atoms with Gasteiger partial charge in [0.2, 0.25) is 0 Å². The molecule has 0 aliphatic heterocycles. The van der Waals surface area contributed by atoms with Crippen molar-refractivity contribution in [2.75, 3.05) is 5.32 Å². The topological polar surface area (TPSA) is 57.8 Å². The van der Waals surface area contributed by atoms with Crippen molar-refractivity contribution in [3.05, 3.63) is 70.4 Å². The number of rotatable bonds is 3. The third kappa shape index (κ3) is 3.81. The summed E-state index contributed by atoms with van der Waals surface area (Å²) in [6.07, 6.45) is 0. The number of nitrogens with zero attached hydrogens (tertiary/aromatic N) is 1. The molecule has 134 valence electrons. The zero-order chi connectivity index (χ0) is 18.9. The molecule has 0 atom stereocenters. The first-order valence-corrected chi connectivity index (χ1v) is 8.86. The Morgan fingerprint density at radius 3 is 2.42 bits per heavy atom. The van der Waals surface area contributed by atoms with Gasteiger partial charge in [0, 0.05) is 16.1 Å². The van der Waals surface area contributed by atoms with E-state index < -0.39 is 0 Å². The number of halogens is 1. The van der Waals surface area contributed by atoms with Gasteiger partial charge in [-0.3, -0.25) is 9.89 Å². The number of anilines is 1. The Morgan fingerprint density at radius 2 is 1.81 bits per heavy atom. The predicted molar refractivity (Wildman–Crippen MR) is 107 cm³/mol. The van der Waals surface area contributed by atoms with E-state index in [4.69, 9.17) is 11.6 Å². The number of aromatic amines is 1. The van der Waals surface area contributed by atoms with E-state index in [0.717, 1.165) is 17.0 Å². The molecule has 3 rings (SSSR count). The quantitative estimate of drug-likeness (QED) is 0.634. The maximum Gasteiger partial charge on any atom is 0.255 e. The van der Waals surface area contributed by atoms with Gasteiger partial charge in [-0.1, -0.05) is 62.7 Å². The van der Waals surface area contributed by atoms with Crippen LogP contribution in [0.3, 0.4) is 0 Å². The molecule has 1 aromatic heterocycles. The molecule has 2 aromatic carbocycles. The zero-order valence-electron chi connectivity index (χ0n) is 15.4. The molecule has 0 spiro atoms. The molecule has 5 heteroatoms. The maximum absolute atomic E-state index is 12.6. The van der Waals surface area contributed by atoms with Crippen LogP contribution >= 0.6 is 11.6 Å². The zero-order valence-corrected chi connectivity index (χ0v) is 16.1. The minimum absolute atomic E-state index is 0.0869. The van der Waals surface area contributed by atoms with Crippen LogP contribution in [0.4, 0.5) is 5.69 Å². The van der Waals surface area contributed by atoms with E-state index in [-0.39, 0.29) is 11.3 Å². The summed E-state index contributed by atoms with van der Waals surface area (Å²) in [5, 5.41) is 10.8. The Bertz CT molecular complexity index is 937. The van der Waals surface area contributed by atoms with Crippen LogP contribution < -0.4 is 5.32 Å². The number of hydrogen-bond donors (Lipinski definition) is 2. The van der Waals surface area contributed by atoms with Gasteiger partial charge in [-0.15, -0.1) is 0 Å². The standard InChI is InChI=1S/C21H22ClN3O/c1-13-18(23-20(26)15-6-5-7-17(22)12-15)19(25-24-13)14-8-10-16(11-9-14)21(2,3)4/h5-12H,1-4H3,(H,23,26)(H,24,25). The third-order valence-electron chi connectivity index (χ3n) is 4.30. The molecule has 4 nitrogen and oxygen atoms in total. The van der Waals surface area contributed by atoms with E-state index in [2.05, 4.69) is 48.4 Å². The smallest absolute Gasteiger partial charge is 0.255 e. The van der Waals surface area contributed by atoms with E-state index in [1.54, 1.807) is 24.3 Å². The summed E-state index contributed by atoms with van der Waals surface area (Å²) >= 11 is 5.98. The van der Waals surface area contributed by atoms with Crippen molar-refractivity contribution in [3.63, 3.8) is 0 Å². The minimum atomic E-state index is -0.218. The highest BCUT2D eigenvalue weighted by molar-refractivity contribution is 6.31. The minimum Gasteiger partial charge on any atom is -0.319 e. The summed E-state index contributed by atoms with van der Waals surface area (Å²) in [7, 11) is 0. The fourth-order valence-electron chi connectivity index (χ4n) is 2.73. The fraction of sp³-hybridized carbons (Fsp3) is 0.238. The molecule has 1 heterocycles. The Kier molecular flexibility index (Phi) is 4.88. The average Bonchev–Trinajstić information content (AvgIpc) is 2.95. The first-order valence-electron chi connectivity index (χ1n) is 8.48. The van der Waals surface area contributed by atoms with Crippen LogP contribution in [0.5, 0.6) is 0 Å². The van der Waals surface area contributed by atoms with Gasteiger partial charge < -0.3 is 5.32 Å². The monoisotopic (exact) mass is 367 g/mol. The Labute approximate surface area is 158 Å².